The number of hydrazone groups is 1. The van der Waals surface area contributed by atoms with Crippen LogP contribution in [0.1, 0.15) is 0 Å². The molecule has 0 saturated heterocycles. The summed E-state index contributed by atoms with van der Waals surface area (Å²) in [6.07, 6.45) is 3.09. The fourth-order valence-corrected chi connectivity index (χ4v) is 1.36. The number of amidine groups is 1. The first-order valence-corrected chi connectivity index (χ1v) is 4.99. The van der Waals surface area contributed by atoms with Crippen LogP contribution in [0, 0.1) is 16.7 Å². The lowest BCUT2D eigenvalue weighted by Crippen LogP contribution is -2.21. The van der Waals surface area contributed by atoms with Crippen LogP contribution >= 0.6 is 0 Å². The number of benzene rings is 1. The lowest BCUT2D eigenvalue weighted by molar-refractivity contribution is 1.22. The highest BCUT2D eigenvalue weighted by Crippen LogP contribution is 2.20. The zero-order valence-electron chi connectivity index (χ0n) is 9.25. The zero-order chi connectivity index (χ0) is 13.0. The Kier molecular flexibility index (Phi) is 3.11. The molecule has 0 fully saturated rings. The maximum absolute atomic E-state index is 8.72. The number of aromatic nitrogens is 2. The molecule has 4 N–H and O–H groups in total. The first-order chi connectivity index (χ1) is 8.72. The Morgan fingerprint density at radius 3 is 3.06 bits per heavy atom. The molecule has 0 aliphatic carbocycles. The predicted molar refractivity (Wildman–Crippen MR) is 68.1 cm³/mol. The summed E-state index contributed by atoms with van der Waals surface area (Å²) < 4.78 is 0. The molecule has 0 saturated carbocycles. The average molecular weight is 239 g/mol. The molecule has 0 bridgehead atoms. The Balaban J connectivity index is 2.39. The van der Waals surface area contributed by atoms with E-state index in [9.17, 15) is 0 Å². The van der Waals surface area contributed by atoms with Crippen LogP contribution in [-0.2, 0) is 0 Å². The van der Waals surface area contributed by atoms with Gasteiger partial charge in [-0.2, -0.15) is 10.4 Å². The first-order valence-electron chi connectivity index (χ1n) is 4.99. The van der Waals surface area contributed by atoms with Crippen molar-refractivity contribution >= 4 is 28.1 Å². The van der Waals surface area contributed by atoms with Crippen molar-refractivity contribution < 1.29 is 0 Å². The van der Waals surface area contributed by atoms with Gasteiger partial charge in [0.2, 0.25) is 5.71 Å². The second kappa shape index (κ2) is 4.88. The molecule has 88 valence electrons. The number of fused-ring (bicyclic) bond motifs is 1. The molecule has 7 heteroatoms. The van der Waals surface area contributed by atoms with Crippen molar-refractivity contribution in [2.75, 3.05) is 5.43 Å². The van der Waals surface area contributed by atoms with Crippen molar-refractivity contribution in [3.05, 3.63) is 30.7 Å². The Morgan fingerprint density at radius 2 is 2.33 bits per heavy atom. The highest BCUT2D eigenvalue weighted by atomic mass is 15.3. The molecule has 0 atom stereocenters. The van der Waals surface area contributed by atoms with E-state index < -0.39 is 0 Å². The van der Waals surface area contributed by atoms with Gasteiger partial charge >= 0.3 is 0 Å². The molecule has 0 amide bonds. The van der Waals surface area contributed by atoms with Crippen LogP contribution in [0.3, 0.4) is 0 Å². The summed E-state index contributed by atoms with van der Waals surface area (Å²) in [5.74, 6) is -0.388. The van der Waals surface area contributed by atoms with Gasteiger partial charge < -0.3 is 5.73 Å². The smallest absolute Gasteiger partial charge is 0.201 e. The van der Waals surface area contributed by atoms with Crippen LogP contribution in [-0.4, -0.2) is 21.5 Å². The maximum atomic E-state index is 8.72. The molecular weight excluding hydrogens is 230 g/mol. The molecule has 2 aromatic rings. The summed E-state index contributed by atoms with van der Waals surface area (Å²) in [5, 5.41) is 20.4. The maximum Gasteiger partial charge on any atom is 0.201 e. The molecule has 0 radical (unpaired) electrons. The van der Waals surface area contributed by atoms with Gasteiger partial charge in [-0.25, -0.2) is 9.97 Å². The SMILES string of the molecule is N#C/C(=N\Nc1cccc2ncncc12)C(=N)N. The fraction of sp³-hybridized carbons (Fsp3) is 0. The highest BCUT2D eigenvalue weighted by molar-refractivity contribution is 6.45. The number of anilines is 1. The molecule has 1 aromatic carbocycles. The van der Waals surface area contributed by atoms with Gasteiger partial charge in [0.25, 0.3) is 0 Å². The van der Waals surface area contributed by atoms with Crippen molar-refractivity contribution in [2.45, 2.75) is 0 Å². The molecule has 18 heavy (non-hydrogen) atoms. The summed E-state index contributed by atoms with van der Waals surface area (Å²) in [4.78, 5) is 8.02. The number of hydrogen-bond donors (Lipinski definition) is 3. The second-order valence-electron chi connectivity index (χ2n) is 3.36. The Labute approximate surface area is 102 Å². The minimum absolute atomic E-state index is 0.177. The lowest BCUT2D eigenvalue weighted by Gasteiger charge is -2.04. The molecule has 1 aromatic heterocycles. The predicted octanol–water partition coefficient (Wildman–Crippen LogP) is 0.857. The van der Waals surface area contributed by atoms with Gasteiger partial charge in [0.15, 0.2) is 5.84 Å². The van der Waals surface area contributed by atoms with Crippen molar-refractivity contribution in [2.24, 2.45) is 10.8 Å². The van der Waals surface area contributed by atoms with E-state index in [2.05, 4.69) is 20.5 Å². The third kappa shape index (κ3) is 2.22. The third-order valence-corrected chi connectivity index (χ3v) is 2.20. The van der Waals surface area contributed by atoms with E-state index in [1.807, 2.05) is 6.07 Å². The number of nitrogens with two attached hydrogens (primary N) is 1. The van der Waals surface area contributed by atoms with E-state index in [4.69, 9.17) is 16.4 Å². The quantitative estimate of drug-likeness (QED) is 0.416. The molecule has 1 heterocycles. The molecule has 0 spiro atoms. The van der Waals surface area contributed by atoms with Crippen molar-refractivity contribution in [3.8, 4) is 6.07 Å². The van der Waals surface area contributed by atoms with E-state index in [0.717, 1.165) is 10.9 Å². The van der Waals surface area contributed by atoms with Crippen LogP contribution in [0.25, 0.3) is 10.9 Å². The Morgan fingerprint density at radius 1 is 1.50 bits per heavy atom. The average Bonchev–Trinajstić information content (AvgIpc) is 2.39. The van der Waals surface area contributed by atoms with E-state index >= 15 is 0 Å². The van der Waals surface area contributed by atoms with Crippen LogP contribution in [0.15, 0.2) is 35.8 Å². The summed E-state index contributed by atoms with van der Waals surface area (Å²) in [5.41, 5.74) is 9.09. The minimum Gasteiger partial charge on any atom is -0.382 e. The van der Waals surface area contributed by atoms with Gasteiger partial charge in [-0.3, -0.25) is 10.8 Å². The molecule has 0 unspecified atom stereocenters. The molecular formula is C11H9N7. The molecule has 2 rings (SSSR count). The van der Waals surface area contributed by atoms with Crippen molar-refractivity contribution in [1.29, 1.82) is 10.7 Å². The highest BCUT2D eigenvalue weighted by Gasteiger charge is 2.03. The zero-order valence-corrected chi connectivity index (χ0v) is 9.25. The summed E-state index contributed by atoms with van der Waals surface area (Å²) >= 11 is 0. The van der Waals surface area contributed by atoms with Crippen LogP contribution in [0.5, 0.6) is 0 Å². The van der Waals surface area contributed by atoms with Gasteiger partial charge in [-0.05, 0) is 12.1 Å². The first kappa shape index (κ1) is 11.5. The van der Waals surface area contributed by atoms with Crippen LogP contribution in [0.4, 0.5) is 5.69 Å². The summed E-state index contributed by atoms with van der Waals surface area (Å²) in [6, 6.07) is 7.13. The van der Waals surface area contributed by atoms with Gasteiger partial charge in [0.05, 0.1) is 11.2 Å². The largest absolute Gasteiger partial charge is 0.382 e. The van der Waals surface area contributed by atoms with Crippen LogP contribution in [0.2, 0.25) is 0 Å². The van der Waals surface area contributed by atoms with E-state index in [1.165, 1.54) is 6.33 Å². The number of nitriles is 1. The third-order valence-electron chi connectivity index (χ3n) is 2.20. The van der Waals surface area contributed by atoms with Crippen molar-refractivity contribution in [1.82, 2.24) is 9.97 Å². The summed E-state index contributed by atoms with van der Waals surface area (Å²) in [6.45, 7) is 0. The van der Waals surface area contributed by atoms with Gasteiger partial charge in [-0.1, -0.05) is 6.07 Å². The molecule has 0 aliphatic heterocycles. The van der Waals surface area contributed by atoms with Gasteiger partial charge in [-0.15, -0.1) is 0 Å². The van der Waals surface area contributed by atoms with Crippen molar-refractivity contribution in [3.63, 3.8) is 0 Å². The lowest BCUT2D eigenvalue weighted by atomic mass is 10.2. The van der Waals surface area contributed by atoms with E-state index in [1.54, 1.807) is 24.4 Å². The number of nitrogens with one attached hydrogen (secondary N) is 2. The van der Waals surface area contributed by atoms with Gasteiger partial charge in [0.1, 0.15) is 12.4 Å². The Hall–Kier alpha value is -3.01. The molecule has 7 nitrogen and oxygen atoms in total. The fourth-order valence-electron chi connectivity index (χ4n) is 1.36. The van der Waals surface area contributed by atoms with E-state index in [0.29, 0.717) is 5.69 Å². The number of rotatable bonds is 3. The number of hydrogen-bond acceptors (Lipinski definition) is 6. The summed E-state index contributed by atoms with van der Waals surface area (Å²) in [7, 11) is 0. The molecule has 0 aliphatic rings. The van der Waals surface area contributed by atoms with Crippen LogP contribution < -0.4 is 11.2 Å². The standard InChI is InChI=1S/C11H9N7/c12-4-10(11(13)14)18-17-9-3-1-2-8-7(9)5-15-6-16-8/h1-3,5-6,17H,(H3,13,14)/b18-10+. The van der Waals surface area contributed by atoms with Gasteiger partial charge in [0, 0.05) is 11.6 Å². The Bertz CT molecular complexity index is 663. The topological polar surface area (TPSA) is 124 Å². The second-order valence-corrected chi connectivity index (χ2v) is 3.36. The van der Waals surface area contributed by atoms with E-state index in [-0.39, 0.29) is 11.5 Å². The number of nitrogens with zero attached hydrogens (tertiary/aromatic N) is 4. The minimum atomic E-state index is -0.388. The normalized spacial score (nSPS) is 10.9. The monoisotopic (exact) mass is 239 g/mol.